The summed E-state index contributed by atoms with van der Waals surface area (Å²) in [5.74, 6) is 0.624. The maximum atomic E-state index is 11.9. The number of nitro groups is 1. The topological polar surface area (TPSA) is 93.8 Å². The minimum atomic E-state index is -0.438. The average Bonchev–Trinajstić information content (AvgIpc) is 2.64. The molecule has 0 aliphatic heterocycles. The van der Waals surface area contributed by atoms with Gasteiger partial charge in [0.2, 0.25) is 5.91 Å². The zero-order valence-corrected chi connectivity index (χ0v) is 15.7. The molecular formula is C20H23N3O4. The fraction of sp³-hybridized carbons (Fsp3) is 0.300. The van der Waals surface area contributed by atoms with Crippen LogP contribution < -0.4 is 10.2 Å². The van der Waals surface area contributed by atoms with Crippen LogP contribution in [0.15, 0.2) is 41.5 Å². The van der Waals surface area contributed by atoms with E-state index in [2.05, 4.69) is 10.5 Å². The molecule has 2 rings (SSSR count). The smallest absolute Gasteiger partial charge is 0.272 e. The normalized spacial score (nSPS) is 10.8. The molecule has 0 fully saturated rings. The Morgan fingerprint density at radius 2 is 2.00 bits per heavy atom. The average molecular weight is 369 g/mol. The van der Waals surface area contributed by atoms with Crippen molar-refractivity contribution in [1.82, 2.24) is 5.43 Å². The van der Waals surface area contributed by atoms with Crippen molar-refractivity contribution in [3.8, 4) is 5.75 Å². The molecule has 0 atom stereocenters. The molecule has 2 aromatic carbocycles. The van der Waals surface area contributed by atoms with Crippen LogP contribution in [0.3, 0.4) is 0 Å². The highest BCUT2D eigenvalue weighted by molar-refractivity contribution is 5.83. The van der Waals surface area contributed by atoms with E-state index in [1.54, 1.807) is 26.2 Å². The largest absolute Gasteiger partial charge is 0.497 e. The predicted octanol–water partition coefficient (Wildman–Crippen LogP) is 3.69. The van der Waals surface area contributed by atoms with Gasteiger partial charge in [-0.1, -0.05) is 18.2 Å². The lowest BCUT2D eigenvalue weighted by atomic mass is 10.0. The number of benzene rings is 2. The Morgan fingerprint density at radius 3 is 2.67 bits per heavy atom. The number of methoxy groups -OCH3 is 1. The lowest BCUT2D eigenvalue weighted by Crippen LogP contribution is -2.17. The van der Waals surface area contributed by atoms with Crippen LogP contribution >= 0.6 is 0 Å². The van der Waals surface area contributed by atoms with E-state index in [4.69, 9.17) is 4.74 Å². The van der Waals surface area contributed by atoms with E-state index in [-0.39, 0.29) is 11.6 Å². The minimum Gasteiger partial charge on any atom is -0.497 e. The van der Waals surface area contributed by atoms with Crippen molar-refractivity contribution in [2.75, 3.05) is 7.11 Å². The predicted molar refractivity (Wildman–Crippen MR) is 104 cm³/mol. The number of rotatable bonds is 8. The zero-order chi connectivity index (χ0) is 19.8. The lowest BCUT2D eigenvalue weighted by molar-refractivity contribution is -0.385. The standard InChI is InChI=1S/C20H23N3O4/c1-14-7-8-16(12-19(14)23(25)26)13-21-22-20(24)6-4-5-17-9-10-18(27-3)11-15(17)2/h7-13H,4-6H2,1-3H3,(H,22,24)/b21-13-. The van der Waals surface area contributed by atoms with Crippen LogP contribution in [-0.2, 0) is 11.2 Å². The monoisotopic (exact) mass is 369 g/mol. The first-order valence-corrected chi connectivity index (χ1v) is 8.61. The van der Waals surface area contributed by atoms with E-state index in [1.807, 2.05) is 25.1 Å². The number of nitro benzene ring substituents is 1. The second-order valence-electron chi connectivity index (χ2n) is 6.24. The molecule has 0 aromatic heterocycles. The van der Waals surface area contributed by atoms with Crippen molar-refractivity contribution in [3.63, 3.8) is 0 Å². The van der Waals surface area contributed by atoms with E-state index in [9.17, 15) is 14.9 Å². The third-order valence-corrected chi connectivity index (χ3v) is 4.23. The summed E-state index contributed by atoms with van der Waals surface area (Å²) in [5.41, 5.74) is 5.93. The first-order valence-electron chi connectivity index (χ1n) is 8.61. The number of aryl methyl sites for hydroxylation is 3. The Balaban J connectivity index is 1.82. The van der Waals surface area contributed by atoms with E-state index < -0.39 is 4.92 Å². The van der Waals surface area contributed by atoms with Crippen molar-refractivity contribution in [1.29, 1.82) is 0 Å². The van der Waals surface area contributed by atoms with Crippen LogP contribution in [0, 0.1) is 24.0 Å². The van der Waals surface area contributed by atoms with Crippen molar-refractivity contribution < 1.29 is 14.5 Å². The Hall–Kier alpha value is -3.22. The van der Waals surface area contributed by atoms with Gasteiger partial charge < -0.3 is 4.74 Å². The van der Waals surface area contributed by atoms with E-state index >= 15 is 0 Å². The van der Waals surface area contributed by atoms with Gasteiger partial charge in [0.15, 0.2) is 0 Å². The maximum Gasteiger partial charge on any atom is 0.272 e. The summed E-state index contributed by atoms with van der Waals surface area (Å²) in [4.78, 5) is 22.4. The molecule has 0 saturated heterocycles. The zero-order valence-electron chi connectivity index (χ0n) is 15.7. The summed E-state index contributed by atoms with van der Waals surface area (Å²) in [7, 11) is 1.63. The second kappa shape index (κ2) is 9.47. The van der Waals surface area contributed by atoms with Gasteiger partial charge in [0.05, 0.1) is 18.2 Å². The first kappa shape index (κ1) is 20.1. The third kappa shape index (κ3) is 5.91. The van der Waals surface area contributed by atoms with Crippen LogP contribution in [0.4, 0.5) is 5.69 Å². The molecule has 1 N–H and O–H groups in total. The Bertz CT molecular complexity index is 862. The van der Waals surface area contributed by atoms with Crippen molar-refractivity contribution in [2.45, 2.75) is 33.1 Å². The van der Waals surface area contributed by atoms with Gasteiger partial charge in [-0.25, -0.2) is 5.43 Å². The van der Waals surface area contributed by atoms with Gasteiger partial charge in [0, 0.05) is 23.6 Å². The maximum absolute atomic E-state index is 11.9. The summed E-state index contributed by atoms with van der Waals surface area (Å²) in [6, 6.07) is 10.7. The molecule has 0 spiro atoms. The Labute approximate surface area is 158 Å². The summed E-state index contributed by atoms with van der Waals surface area (Å²) < 4.78 is 5.18. The SMILES string of the molecule is COc1ccc(CCCC(=O)N/N=C\c2ccc(C)c([N+](=O)[O-])c2)c(C)c1. The van der Waals surface area contributed by atoms with Gasteiger partial charge in [-0.3, -0.25) is 14.9 Å². The minimum absolute atomic E-state index is 0.0279. The van der Waals surface area contributed by atoms with Crippen LogP contribution in [-0.4, -0.2) is 24.2 Å². The Kier molecular flexibility index (Phi) is 7.05. The number of carbonyl (C=O) groups is 1. The van der Waals surface area contributed by atoms with Crippen molar-refractivity contribution >= 4 is 17.8 Å². The quantitative estimate of drug-likeness (QED) is 0.436. The highest BCUT2D eigenvalue weighted by Gasteiger charge is 2.10. The molecule has 142 valence electrons. The molecule has 27 heavy (non-hydrogen) atoms. The molecule has 7 heteroatoms. The number of hydrogen-bond acceptors (Lipinski definition) is 5. The van der Waals surface area contributed by atoms with Gasteiger partial charge in [0.1, 0.15) is 5.75 Å². The first-order chi connectivity index (χ1) is 12.9. The molecule has 0 unspecified atom stereocenters. The number of hydrazone groups is 1. The second-order valence-corrected chi connectivity index (χ2v) is 6.24. The summed E-state index contributed by atoms with van der Waals surface area (Å²) in [5, 5.41) is 14.8. The van der Waals surface area contributed by atoms with Gasteiger partial charge in [-0.15, -0.1) is 0 Å². The third-order valence-electron chi connectivity index (χ3n) is 4.23. The van der Waals surface area contributed by atoms with Gasteiger partial charge >= 0.3 is 0 Å². The van der Waals surface area contributed by atoms with Crippen LogP contribution in [0.2, 0.25) is 0 Å². The number of ether oxygens (including phenoxy) is 1. The van der Waals surface area contributed by atoms with Crippen LogP contribution in [0.1, 0.15) is 35.1 Å². The lowest BCUT2D eigenvalue weighted by Gasteiger charge is -2.07. The van der Waals surface area contributed by atoms with E-state index in [1.165, 1.54) is 17.8 Å². The molecule has 0 radical (unpaired) electrons. The number of carbonyl (C=O) groups excluding carboxylic acids is 1. The fourth-order valence-corrected chi connectivity index (χ4v) is 2.65. The number of nitrogens with zero attached hydrogens (tertiary/aromatic N) is 2. The van der Waals surface area contributed by atoms with Crippen molar-refractivity contribution in [2.24, 2.45) is 5.10 Å². The van der Waals surface area contributed by atoms with Gasteiger partial charge in [-0.2, -0.15) is 5.10 Å². The molecule has 1 amide bonds. The molecule has 0 aliphatic carbocycles. The summed E-state index contributed by atoms with van der Waals surface area (Å²) >= 11 is 0. The number of hydrogen-bond donors (Lipinski definition) is 1. The van der Waals surface area contributed by atoms with Crippen LogP contribution in [0.5, 0.6) is 5.75 Å². The summed E-state index contributed by atoms with van der Waals surface area (Å²) in [6.45, 7) is 3.69. The highest BCUT2D eigenvalue weighted by Crippen LogP contribution is 2.19. The molecule has 0 saturated carbocycles. The Morgan fingerprint density at radius 1 is 1.22 bits per heavy atom. The fourth-order valence-electron chi connectivity index (χ4n) is 2.65. The molecule has 7 nitrogen and oxygen atoms in total. The molecule has 0 aliphatic rings. The number of nitrogens with one attached hydrogen (secondary N) is 1. The van der Waals surface area contributed by atoms with Gasteiger partial charge in [0.25, 0.3) is 5.69 Å². The molecule has 0 bridgehead atoms. The number of amides is 1. The molecule has 2 aromatic rings. The van der Waals surface area contributed by atoms with E-state index in [0.717, 1.165) is 17.7 Å². The summed E-state index contributed by atoms with van der Waals surface area (Å²) in [6.07, 6.45) is 3.23. The molecular weight excluding hydrogens is 346 g/mol. The molecule has 0 heterocycles. The van der Waals surface area contributed by atoms with E-state index in [0.29, 0.717) is 24.0 Å². The van der Waals surface area contributed by atoms with Gasteiger partial charge in [-0.05, 0) is 49.9 Å². The van der Waals surface area contributed by atoms with Crippen LogP contribution in [0.25, 0.3) is 0 Å². The highest BCUT2D eigenvalue weighted by atomic mass is 16.6. The van der Waals surface area contributed by atoms with Crippen molar-refractivity contribution in [3.05, 3.63) is 68.8 Å².